The van der Waals surface area contributed by atoms with E-state index < -0.39 is 0 Å². The predicted molar refractivity (Wildman–Crippen MR) is 43.8 cm³/mol. The lowest BCUT2D eigenvalue weighted by Crippen LogP contribution is -1.88. The van der Waals surface area contributed by atoms with Gasteiger partial charge < -0.3 is 5.73 Å². The largest absolute Gasteiger partial charge is 0.384 e. The Balaban J connectivity index is 0.000000810. The van der Waals surface area contributed by atoms with Crippen LogP contribution in [0.1, 0.15) is 5.56 Å². The molecule has 0 bridgehead atoms. The summed E-state index contributed by atoms with van der Waals surface area (Å²) >= 11 is 0. The Bertz CT molecular complexity index is 252. The molecule has 0 saturated heterocycles. The highest BCUT2D eigenvalue weighted by Crippen LogP contribution is 1.99. The maximum atomic E-state index is 5.33. The van der Waals surface area contributed by atoms with Gasteiger partial charge in [-0.25, -0.2) is 4.98 Å². The van der Waals surface area contributed by atoms with Gasteiger partial charge in [-0.15, -0.1) is 18.8 Å². The lowest BCUT2D eigenvalue weighted by molar-refractivity contribution is 1.33. The fourth-order valence-corrected chi connectivity index (χ4v) is 0.538. The number of nitrogens with zero attached hydrogens (tertiary/aromatic N) is 1. The molecule has 0 radical (unpaired) electrons. The average Bonchev–Trinajstić information content (AvgIpc) is 1.88. The third-order valence-corrected chi connectivity index (χ3v) is 0.948. The summed E-state index contributed by atoms with van der Waals surface area (Å²) in [5.74, 6) is 2.91. The van der Waals surface area contributed by atoms with Crippen LogP contribution < -0.4 is 5.73 Å². The maximum Gasteiger partial charge on any atom is 0.124 e. The quantitative estimate of drug-likeness (QED) is 0.568. The standard InChI is InChI=1S/C7H6N2.ClH/c1-2-6-3-4-9-7(8)5-6;/h1,3-5H,(H2,8,9);1H. The first-order chi connectivity index (χ1) is 4.33. The van der Waals surface area contributed by atoms with Gasteiger partial charge in [-0.2, -0.15) is 0 Å². The summed E-state index contributed by atoms with van der Waals surface area (Å²) < 4.78 is 0. The molecule has 0 spiro atoms. The number of pyridine rings is 1. The second-order valence-electron chi connectivity index (χ2n) is 1.61. The SMILES string of the molecule is C#Cc1ccnc(N)c1.Cl. The molecule has 0 aliphatic carbocycles. The lowest BCUT2D eigenvalue weighted by Gasteiger charge is -1.89. The van der Waals surface area contributed by atoms with Gasteiger partial charge in [-0.05, 0) is 12.1 Å². The van der Waals surface area contributed by atoms with E-state index in [1.807, 2.05) is 0 Å². The molecule has 1 rings (SSSR count). The molecule has 0 atom stereocenters. The molecule has 0 unspecified atom stereocenters. The van der Waals surface area contributed by atoms with Gasteiger partial charge in [-0.1, -0.05) is 5.92 Å². The number of anilines is 1. The fraction of sp³-hybridized carbons (Fsp3) is 0. The smallest absolute Gasteiger partial charge is 0.124 e. The molecule has 1 aromatic rings. The fourth-order valence-electron chi connectivity index (χ4n) is 0.538. The monoisotopic (exact) mass is 154 g/mol. The molecule has 0 saturated carbocycles. The van der Waals surface area contributed by atoms with Crippen molar-refractivity contribution in [2.45, 2.75) is 0 Å². The van der Waals surface area contributed by atoms with Gasteiger partial charge in [-0.3, -0.25) is 0 Å². The van der Waals surface area contributed by atoms with E-state index in [9.17, 15) is 0 Å². The summed E-state index contributed by atoms with van der Waals surface area (Å²) in [7, 11) is 0. The number of nitrogens with two attached hydrogens (primary N) is 1. The molecule has 0 aliphatic rings. The van der Waals surface area contributed by atoms with E-state index in [1.165, 1.54) is 0 Å². The highest BCUT2D eigenvalue weighted by atomic mass is 35.5. The third kappa shape index (κ3) is 1.96. The van der Waals surface area contributed by atoms with Crippen molar-refractivity contribution in [3.63, 3.8) is 0 Å². The number of hydrogen-bond acceptors (Lipinski definition) is 2. The van der Waals surface area contributed by atoms with Crippen molar-refractivity contribution in [2.75, 3.05) is 5.73 Å². The van der Waals surface area contributed by atoms with Gasteiger partial charge in [0.2, 0.25) is 0 Å². The highest BCUT2D eigenvalue weighted by Gasteiger charge is 1.85. The van der Waals surface area contributed by atoms with Crippen LogP contribution >= 0.6 is 12.4 Å². The van der Waals surface area contributed by atoms with Crippen molar-refractivity contribution < 1.29 is 0 Å². The number of aromatic nitrogens is 1. The Morgan fingerprint density at radius 1 is 1.60 bits per heavy atom. The molecule has 0 fully saturated rings. The van der Waals surface area contributed by atoms with Gasteiger partial charge in [0.05, 0.1) is 0 Å². The first kappa shape index (κ1) is 8.80. The summed E-state index contributed by atoms with van der Waals surface area (Å²) in [5.41, 5.74) is 6.09. The summed E-state index contributed by atoms with van der Waals surface area (Å²) in [4.78, 5) is 3.77. The summed E-state index contributed by atoms with van der Waals surface area (Å²) in [6.07, 6.45) is 6.67. The number of hydrogen-bond donors (Lipinski definition) is 1. The predicted octanol–water partition coefficient (Wildman–Crippen LogP) is 1.07. The Kier molecular flexibility index (Phi) is 3.30. The van der Waals surface area contributed by atoms with Crippen LogP contribution in [-0.4, -0.2) is 4.98 Å². The van der Waals surface area contributed by atoms with Crippen LogP contribution in [0.2, 0.25) is 0 Å². The van der Waals surface area contributed by atoms with Gasteiger partial charge in [0.1, 0.15) is 5.82 Å². The van der Waals surface area contributed by atoms with Crippen molar-refractivity contribution >= 4 is 18.2 Å². The summed E-state index contributed by atoms with van der Waals surface area (Å²) in [5, 5.41) is 0. The highest BCUT2D eigenvalue weighted by molar-refractivity contribution is 5.85. The molecule has 2 nitrogen and oxygen atoms in total. The Hall–Kier alpha value is -1.20. The molecule has 1 heterocycles. The third-order valence-electron chi connectivity index (χ3n) is 0.948. The van der Waals surface area contributed by atoms with Crippen molar-refractivity contribution in [1.29, 1.82) is 0 Å². The summed E-state index contributed by atoms with van der Waals surface area (Å²) in [6, 6.07) is 3.39. The average molecular weight is 155 g/mol. The second kappa shape index (κ2) is 3.76. The minimum absolute atomic E-state index is 0. The van der Waals surface area contributed by atoms with Crippen LogP contribution in [0.5, 0.6) is 0 Å². The van der Waals surface area contributed by atoms with Crippen LogP contribution in [0.4, 0.5) is 5.82 Å². The molecular formula is C7H7ClN2. The molecule has 52 valence electrons. The molecule has 3 heteroatoms. The van der Waals surface area contributed by atoms with Crippen molar-refractivity contribution in [3.05, 3.63) is 23.9 Å². The molecule has 0 aromatic carbocycles. The first-order valence-electron chi connectivity index (χ1n) is 2.51. The molecule has 10 heavy (non-hydrogen) atoms. The van der Waals surface area contributed by atoms with E-state index in [-0.39, 0.29) is 12.4 Å². The molecule has 2 N–H and O–H groups in total. The van der Waals surface area contributed by atoms with E-state index in [1.54, 1.807) is 18.3 Å². The van der Waals surface area contributed by atoms with Crippen LogP contribution in [0.15, 0.2) is 18.3 Å². The molecular weight excluding hydrogens is 148 g/mol. The van der Waals surface area contributed by atoms with E-state index in [0.29, 0.717) is 5.82 Å². The van der Waals surface area contributed by atoms with E-state index in [4.69, 9.17) is 12.2 Å². The van der Waals surface area contributed by atoms with Gasteiger partial charge in [0.15, 0.2) is 0 Å². The van der Waals surface area contributed by atoms with E-state index >= 15 is 0 Å². The van der Waals surface area contributed by atoms with Crippen LogP contribution in [0.25, 0.3) is 0 Å². The zero-order chi connectivity index (χ0) is 6.69. The first-order valence-corrected chi connectivity index (χ1v) is 2.51. The van der Waals surface area contributed by atoms with Crippen molar-refractivity contribution in [2.24, 2.45) is 0 Å². The molecule has 0 amide bonds. The lowest BCUT2D eigenvalue weighted by atomic mass is 10.3. The van der Waals surface area contributed by atoms with Gasteiger partial charge in [0.25, 0.3) is 0 Å². The van der Waals surface area contributed by atoms with E-state index in [2.05, 4.69) is 10.9 Å². The van der Waals surface area contributed by atoms with Crippen molar-refractivity contribution in [1.82, 2.24) is 4.98 Å². The zero-order valence-corrected chi connectivity index (χ0v) is 6.06. The van der Waals surface area contributed by atoms with Crippen LogP contribution in [-0.2, 0) is 0 Å². The molecule has 1 aromatic heterocycles. The zero-order valence-electron chi connectivity index (χ0n) is 5.24. The van der Waals surface area contributed by atoms with Gasteiger partial charge >= 0.3 is 0 Å². The Morgan fingerprint density at radius 3 is 2.70 bits per heavy atom. The summed E-state index contributed by atoms with van der Waals surface area (Å²) in [6.45, 7) is 0. The number of rotatable bonds is 0. The minimum atomic E-state index is 0. The number of terminal acetylenes is 1. The van der Waals surface area contributed by atoms with E-state index in [0.717, 1.165) is 5.56 Å². The molecule has 0 aliphatic heterocycles. The minimum Gasteiger partial charge on any atom is -0.384 e. The Labute approximate surface area is 65.9 Å². The maximum absolute atomic E-state index is 5.33. The topological polar surface area (TPSA) is 38.9 Å². The second-order valence-corrected chi connectivity index (χ2v) is 1.61. The van der Waals surface area contributed by atoms with Crippen molar-refractivity contribution in [3.8, 4) is 12.3 Å². The number of nitrogen functional groups attached to an aromatic ring is 1. The van der Waals surface area contributed by atoms with Crippen LogP contribution in [0.3, 0.4) is 0 Å². The number of halogens is 1. The Morgan fingerprint density at radius 2 is 2.30 bits per heavy atom. The van der Waals surface area contributed by atoms with Crippen LogP contribution in [0, 0.1) is 12.3 Å². The van der Waals surface area contributed by atoms with Gasteiger partial charge in [0, 0.05) is 11.8 Å². The normalized spacial score (nSPS) is 7.50.